The molecule has 0 unspecified atom stereocenters. The molecule has 1 aromatic heterocycles. The summed E-state index contributed by atoms with van der Waals surface area (Å²) >= 11 is 0. The molecule has 12 heavy (non-hydrogen) atoms. The molecule has 4 heteroatoms. The molecule has 64 valence electrons. The van der Waals surface area contributed by atoms with E-state index in [0.717, 1.165) is 0 Å². The van der Waals surface area contributed by atoms with Crippen LogP contribution in [0.4, 0.5) is 0 Å². The second-order valence-corrected chi connectivity index (χ2v) is 2.55. The maximum Gasteiger partial charge on any atom is 0.337 e. The van der Waals surface area contributed by atoms with E-state index in [2.05, 4.69) is 0 Å². The van der Waals surface area contributed by atoms with Gasteiger partial charge in [-0.1, -0.05) is 0 Å². The second-order valence-electron chi connectivity index (χ2n) is 2.55. The van der Waals surface area contributed by atoms with E-state index in [0.29, 0.717) is 17.7 Å². The van der Waals surface area contributed by atoms with E-state index in [-0.39, 0.29) is 5.56 Å². The first-order valence-corrected chi connectivity index (χ1v) is 3.42. The Balaban J connectivity index is 3.34. The summed E-state index contributed by atoms with van der Waals surface area (Å²) < 4.78 is 1.55. The van der Waals surface area contributed by atoms with Crippen molar-refractivity contribution in [3.8, 4) is 0 Å². The van der Waals surface area contributed by atoms with Gasteiger partial charge in [-0.25, -0.2) is 4.79 Å². The summed E-state index contributed by atoms with van der Waals surface area (Å²) in [6, 6.07) is 1.37. The summed E-state index contributed by atoms with van der Waals surface area (Å²) in [5, 5.41) is 8.67. The molecule has 1 aromatic rings. The van der Waals surface area contributed by atoms with Gasteiger partial charge in [-0.2, -0.15) is 0 Å². The normalized spacial score (nSPS) is 9.83. The Kier molecular flexibility index (Phi) is 1.99. The first kappa shape index (κ1) is 8.52. The predicted octanol–water partition coefficient (Wildman–Crippen LogP) is 0.844. The zero-order chi connectivity index (χ0) is 9.30. The molecule has 0 aliphatic rings. The average Bonchev–Trinajstić information content (AvgIpc) is 2.30. The predicted molar refractivity (Wildman–Crippen MR) is 42.5 cm³/mol. The molecule has 0 amide bonds. The second kappa shape index (κ2) is 2.81. The van der Waals surface area contributed by atoms with Crippen LogP contribution in [0.2, 0.25) is 0 Å². The topological polar surface area (TPSA) is 59.3 Å². The Morgan fingerprint density at radius 2 is 2.25 bits per heavy atom. The number of carboxylic acid groups (broad SMARTS) is 1. The van der Waals surface area contributed by atoms with Crippen LogP contribution in [0.15, 0.2) is 6.07 Å². The zero-order valence-corrected chi connectivity index (χ0v) is 6.87. The van der Waals surface area contributed by atoms with E-state index in [1.165, 1.54) is 6.07 Å². The Morgan fingerprint density at radius 1 is 1.67 bits per heavy atom. The van der Waals surface area contributed by atoms with Crippen molar-refractivity contribution < 1.29 is 14.7 Å². The summed E-state index contributed by atoms with van der Waals surface area (Å²) in [7, 11) is 1.66. The lowest BCUT2D eigenvalue weighted by Gasteiger charge is -1.97. The van der Waals surface area contributed by atoms with Crippen molar-refractivity contribution >= 4 is 12.3 Å². The largest absolute Gasteiger partial charge is 0.478 e. The number of aromatic nitrogens is 1. The van der Waals surface area contributed by atoms with Gasteiger partial charge in [-0.3, -0.25) is 4.79 Å². The number of rotatable bonds is 2. The summed E-state index contributed by atoms with van der Waals surface area (Å²) in [4.78, 5) is 21.0. The van der Waals surface area contributed by atoms with Crippen LogP contribution < -0.4 is 0 Å². The van der Waals surface area contributed by atoms with Crippen molar-refractivity contribution in [2.24, 2.45) is 7.05 Å². The Labute approximate surface area is 69.4 Å². The van der Waals surface area contributed by atoms with E-state index in [1.807, 2.05) is 0 Å². The number of carbonyl (C=O) groups is 2. The molecule has 4 nitrogen and oxygen atoms in total. The van der Waals surface area contributed by atoms with Gasteiger partial charge in [0, 0.05) is 12.7 Å². The summed E-state index contributed by atoms with van der Waals surface area (Å²) in [6.07, 6.45) is 0.638. The van der Waals surface area contributed by atoms with Crippen molar-refractivity contribution in [3.63, 3.8) is 0 Å². The van der Waals surface area contributed by atoms with Crippen molar-refractivity contribution in [2.45, 2.75) is 6.92 Å². The SMILES string of the molecule is Cc1c(C(=O)O)cc(C=O)n1C. The van der Waals surface area contributed by atoms with Gasteiger partial charge in [0.05, 0.1) is 11.3 Å². The van der Waals surface area contributed by atoms with Crippen LogP contribution in [0.3, 0.4) is 0 Å². The van der Waals surface area contributed by atoms with Crippen LogP contribution in [-0.2, 0) is 7.05 Å². The minimum atomic E-state index is -1.00. The minimum absolute atomic E-state index is 0.180. The summed E-state index contributed by atoms with van der Waals surface area (Å²) in [5.41, 5.74) is 1.15. The Hall–Kier alpha value is -1.58. The number of aromatic carboxylic acids is 1. The molecule has 0 aromatic carbocycles. The molecule has 0 saturated heterocycles. The summed E-state index contributed by atoms with van der Waals surface area (Å²) in [5.74, 6) is -1.00. The van der Waals surface area contributed by atoms with Gasteiger partial charge in [-0.05, 0) is 13.0 Å². The highest BCUT2D eigenvalue weighted by Crippen LogP contribution is 2.11. The van der Waals surface area contributed by atoms with Gasteiger partial charge in [-0.15, -0.1) is 0 Å². The van der Waals surface area contributed by atoms with Crippen LogP contribution in [0.1, 0.15) is 26.5 Å². The Bertz CT molecular complexity index is 338. The minimum Gasteiger partial charge on any atom is -0.478 e. The molecule has 0 bridgehead atoms. The number of aldehydes is 1. The van der Waals surface area contributed by atoms with Crippen LogP contribution in [0.25, 0.3) is 0 Å². The lowest BCUT2D eigenvalue weighted by atomic mass is 10.2. The van der Waals surface area contributed by atoms with Crippen LogP contribution in [0.5, 0.6) is 0 Å². The lowest BCUT2D eigenvalue weighted by molar-refractivity contribution is 0.0696. The maximum atomic E-state index is 10.6. The van der Waals surface area contributed by atoms with Crippen molar-refractivity contribution in [3.05, 3.63) is 23.0 Å². The standard InChI is InChI=1S/C8H9NO3/c1-5-7(8(11)12)3-6(4-10)9(5)2/h3-4H,1-2H3,(H,11,12). The van der Waals surface area contributed by atoms with E-state index in [9.17, 15) is 9.59 Å². The fraction of sp³-hybridized carbons (Fsp3) is 0.250. The third-order valence-corrected chi connectivity index (χ3v) is 1.92. The van der Waals surface area contributed by atoms with Crippen LogP contribution in [0, 0.1) is 6.92 Å². The molecule has 0 radical (unpaired) electrons. The van der Waals surface area contributed by atoms with Crippen LogP contribution in [-0.4, -0.2) is 21.9 Å². The van der Waals surface area contributed by atoms with Gasteiger partial charge in [0.15, 0.2) is 6.29 Å². The summed E-state index contributed by atoms with van der Waals surface area (Å²) in [6.45, 7) is 1.66. The first-order chi connectivity index (χ1) is 5.57. The highest BCUT2D eigenvalue weighted by molar-refractivity contribution is 5.91. The molecule has 0 spiro atoms. The zero-order valence-electron chi connectivity index (χ0n) is 6.87. The molecule has 0 aliphatic heterocycles. The molecular weight excluding hydrogens is 158 g/mol. The van der Waals surface area contributed by atoms with Crippen molar-refractivity contribution in [1.29, 1.82) is 0 Å². The van der Waals surface area contributed by atoms with Crippen LogP contribution >= 0.6 is 0 Å². The number of carbonyl (C=O) groups excluding carboxylic acids is 1. The number of nitrogens with zero attached hydrogens (tertiary/aromatic N) is 1. The Morgan fingerprint density at radius 3 is 2.50 bits per heavy atom. The van der Waals surface area contributed by atoms with Crippen molar-refractivity contribution in [1.82, 2.24) is 4.57 Å². The average molecular weight is 167 g/mol. The quantitative estimate of drug-likeness (QED) is 0.664. The third kappa shape index (κ3) is 1.11. The molecule has 1 N–H and O–H groups in total. The molecule has 0 aliphatic carbocycles. The highest BCUT2D eigenvalue weighted by Gasteiger charge is 2.13. The molecular formula is C8H9NO3. The van der Waals surface area contributed by atoms with Gasteiger partial charge in [0.2, 0.25) is 0 Å². The van der Waals surface area contributed by atoms with Gasteiger partial charge in [0.1, 0.15) is 0 Å². The van der Waals surface area contributed by atoms with Gasteiger partial charge < -0.3 is 9.67 Å². The third-order valence-electron chi connectivity index (χ3n) is 1.92. The number of hydrogen-bond acceptors (Lipinski definition) is 2. The fourth-order valence-corrected chi connectivity index (χ4v) is 1.05. The molecule has 1 heterocycles. The van der Waals surface area contributed by atoms with Gasteiger partial charge in [0.25, 0.3) is 0 Å². The highest BCUT2D eigenvalue weighted by atomic mass is 16.4. The molecule has 0 fully saturated rings. The molecule has 0 atom stereocenters. The van der Waals surface area contributed by atoms with E-state index < -0.39 is 5.97 Å². The van der Waals surface area contributed by atoms with Gasteiger partial charge >= 0.3 is 5.97 Å². The number of carboxylic acids is 1. The van der Waals surface area contributed by atoms with E-state index in [1.54, 1.807) is 18.5 Å². The van der Waals surface area contributed by atoms with E-state index in [4.69, 9.17) is 5.11 Å². The number of hydrogen-bond donors (Lipinski definition) is 1. The van der Waals surface area contributed by atoms with E-state index >= 15 is 0 Å². The molecule has 1 rings (SSSR count). The fourth-order valence-electron chi connectivity index (χ4n) is 1.05. The molecule has 0 saturated carbocycles. The first-order valence-electron chi connectivity index (χ1n) is 3.42. The lowest BCUT2D eigenvalue weighted by Crippen LogP contribution is -2.00. The maximum absolute atomic E-state index is 10.6. The smallest absolute Gasteiger partial charge is 0.337 e. The monoisotopic (exact) mass is 167 g/mol. The van der Waals surface area contributed by atoms with Crippen molar-refractivity contribution in [2.75, 3.05) is 0 Å².